The van der Waals surface area contributed by atoms with Crippen molar-refractivity contribution in [1.29, 1.82) is 0 Å². The predicted molar refractivity (Wildman–Crippen MR) is 89.4 cm³/mol. The molecule has 0 saturated heterocycles. The summed E-state index contributed by atoms with van der Waals surface area (Å²) >= 11 is 0. The van der Waals surface area contributed by atoms with Crippen molar-refractivity contribution in [3.63, 3.8) is 0 Å². The van der Waals surface area contributed by atoms with Crippen molar-refractivity contribution in [2.24, 2.45) is 5.73 Å². The minimum atomic E-state index is -0.979. The molecule has 2 amide bonds. The van der Waals surface area contributed by atoms with Gasteiger partial charge in [-0.1, -0.05) is 6.07 Å². The zero-order valence-corrected chi connectivity index (χ0v) is 13.8. The van der Waals surface area contributed by atoms with E-state index in [0.717, 1.165) is 5.56 Å². The second kappa shape index (κ2) is 6.84. The van der Waals surface area contributed by atoms with Crippen molar-refractivity contribution in [2.45, 2.75) is 19.9 Å². The van der Waals surface area contributed by atoms with Gasteiger partial charge in [-0.05, 0) is 37.1 Å². The number of carbonyl (C=O) groups excluding carboxylic acids is 2. The van der Waals surface area contributed by atoms with Gasteiger partial charge in [-0.15, -0.1) is 0 Å². The fourth-order valence-electron chi connectivity index (χ4n) is 2.84. The molecule has 1 aromatic carbocycles. The Morgan fingerprint density at radius 3 is 2.88 bits per heavy atom. The highest BCUT2D eigenvalue weighted by molar-refractivity contribution is 6.34. The first kappa shape index (κ1) is 16.8. The summed E-state index contributed by atoms with van der Waals surface area (Å²) < 4.78 is 13.5. The third kappa shape index (κ3) is 3.42. The minimum Gasteiger partial charge on any atom is -0.361 e. The second-order valence-electron chi connectivity index (χ2n) is 5.71. The Morgan fingerprint density at radius 1 is 1.40 bits per heavy atom. The van der Waals surface area contributed by atoms with Crippen molar-refractivity contribution in [3.8, 4) is 0 Å². The molecule has 0 saturated carbocycles. The molecule has 2 aromatic rings. The number of fused-ring (bicyclic) bond motifs is 1. The van der Waals surface area contributed by atoms with E-state index in [1.165, 1.54) is 17.0 Å². The third-order valence-electron chi connectivity index (χ3n) is 4.11. The average molecular weight is 343 g/mol. The second-order valence-corrected chi connectivity index (χ2v) is 5.71. The van der Waals surface area contributed by atoms with Crippen LogP contribution >= 0.6 is 0 Å². The van der Waals surface area contributed by atoms with Crippen LogP contribution in [0.3, 0.4) is 0 Å². The van der Waals surface area contributed by atoms with E-state index in [2.05, 4.69) is 9.97 Å². The summed E-state index contributed by atoms with van der Waals surface area (Å²) in [6, 6.07) is 6.19. The molecule has 8 heteroatoms. The molecule has 0 atom stereocenters. The van der Waals surface area contributed by atoms with Gasteiger partial charge in [0, 0.05) is 25.0 Å². The summed E-state index contributed by atoms with van der Waals surface area (Å²) in [5.41, 5.74) is 7.30. The van der Waals surface area contributed by atoms with E-state index in [4.69, 9.17) is 5.73 Å². The number of hydrogen-bond donors (Lipinski definition) is 1. The zero-order valence-electron chi connectivity index (χ0n) is 13.8. The molecule has 130 valence electrons. The highest BCUT2D eigenvalue weighted by atomic mass is 19.1. The van der Waals surface area contributed by atoms with Crippen LogP contribution in [0.15, 0.2) is 30.5 Å². The number of benzene rings is 1. The fraction of sp³-hybridized carbons (Fsp3) is 0.294. The van der Waals surface area contributed by atoms with Gasteiger partial charge in [-0.25, -0.2) is 14.4 Å². The maximum Gasteiger partial charge on any atom is 0.312 e. The predicted octanol–water partition coefficient (Wildman–Crippen LogP) is 1.14. The molecule has 0 aliphatic carbocycles. The number of nitrogens with two attached hydrogens (primary N) is 1. The van der Waals surface area contributed by atoms with Crippen LogP contribution in [0.4, 0.5) is 16.0 Å². The van der Waals surface area contributed by atoms with E-state index >= 15 is 0 Å². The number of aromatic nitrogens is 2. The third-order valence-corrected chi connectivity index (χ3v) is 4.11. The minimum absolute atomic E-state index is 0.202. The van der Waals surface area contributed by atoms with Gasteiger partial charge in [0.05, 0.1) is 12.2 Å². The summed E-state index contributed by atoms with van der Waals surface area (Å²) in [5, 5.41) is 0. The van der Waals surface area contributed by atoms with Crippen LogP contribution < -0.4 is 10.6 Å². The highest BCUT2D eigenvalue weighted by Gasteiger charge is 2.26. The van der Waals surface area contributed by atoms with Gasteiger partial charge < -0.3 is 15.5 Å². The number of rotatable bonds is 3. The lowest BCUT2D eigenvalue weighted by Gasteiger charge is -2.28. The van der Waals surface area contributed by atoms with E-state index in [1.54, 1.807) is 23.2 Å². The van der Waals surface area contributed by atoms with Gasteiger partial charge in [0.1, 0.15) is 5.82 Å². The molecule has 0 fully saturated rings. The Hall–Kier alpha value is -3.03. The molecule has 1 aliphatic heterocycles. The molecule has 7 nitrogen and oxygen atoms in total. The molecule has 0 bridgehead atoms. The van der Waals surface area contributed by atoms with Gasteiger partial charge >= 0.3 is 11.8 Å². The Morgan fingerprint density at radius 2 is 2.20 bits per heavy atom. The summed E-state index contributed by atoms with van der Waals surface area (Å²) in [6.07, 6.45) is 2.27. The van der Waals surface area contributed by atoms with Crippen LogP contribution in [0.25, 0.3) is 0 Å². The molecule has 1 aromatic heterocycles. The summed E-state index contributed by atoms with van der Waals surface area (Å²) in [4.78, 5) is 35.0. The Balaban J connectivity index is 1.91. The van der Waals surface area contributed by atoms with Crippen LogP contribution in [-0.4, -0.2) is 39.8 Å². The standard InChI is InChI=1S/C17H18FN5O2/c1-2-23(13-5-3-4-12(18)8-13)17-20-9-11-6-7-22(10-14(11)21-17)16(25)15(19)24/h3-5,8-9H,2,6-7,10H2,1H3,(H2,19,24). The molecular weight excluding hydrogens is 325 g/mol. The van der Waals surface area contributed by atoms with Gasteiger partial charge in [0.15, 0.2) is 0 Å². The Labute approximate surface area is 144 Å². The van der Waals surface area contributed by atoms with E-state index < -0.39 is 11.8 Å². The molecule has 0 radical (unpaired) electrons. The lowest BCUT2D eigenvalue weighted by molar-refractivity contribution is -0.144. The Kier molecular flexibility index (Phi) is 4.60. The van der Waals surface area contributed by atoms with Crippen molar-refractivity contribution < 1.29 is 14.0 Å². The normalized spacial score (nSPS) is 13.3. The maximum atomic E-state index is 13.5. The monoisotopic (exact) mass is 343 g/mol. The van der Waals surface area contributed by atoms with Crippen molar-refractivity contribution in [1.82, 2.24) is 14.9 Å². The molecular formula is C17H18FN5O2. The first-order valence-electron chi connectivity index (χ1n) is 7.96. The molecule has 0 unspecified atom stereocenters. The van der Waals surface area contributed by atoms with E-state index in [0.29, 0.717) is 36.8 Å². The van der Waals surface area contributed by atoms with Crippen LogP contribution in [0.1, 0.15) is 18.2 Å². The summed E-state index contributed by atoms with van der Waals surface area (Å²) in [7, 11) is 0. The quantitative estimate of drug-likeness (QED) is 0.844. The van der Waals surface area contributed by atoms with E-state index in [9.17, 15) is 14.0 Å². The molecule has 0 spiro atoms. The topological polar surface area (TPSA) is 92.4 Å². The number of nitrogens with zero attached hydrogens (tertiary/aromatic N) is 4. The van der Waals surface area contributed by atoms with Crippen LogP contribution in [0.5, 0.6) is 0 Å². The van der Waals surface area contributed by atoms with Crippen molar-refractivity contribution in [3.05, 3.63) is 47.5 Å². The lowest BCUT2D eigenvalue weighted by atomic mass is 10.1. The first-order chi connectivity index (χ1) is 12.0. The van der Waals surface area contributed by atoms with Crippen LogP contribution in [-0.2, 0) is 22.6 Å². The zero-order chi connectivity index (χ0) is 18.0. The number of hydrogen-bond acceptors (Lipinski definition) is 5. The largest absolute Gasteiger partial charge is 0.361 e. The Bertz CT molecular complexity index is 826. The fourth-order valence-corrected chi connectivity index (χ4v) is 2.84. The van der Waals surface area contributed by atoms with Gasteiger partial charge in [-0.2, -0.15) is 0 Å². The van der Waals surface area contributed by atoms with Crippen molar-refractivity contribution in [2.75, 3.05) is 18.0 Å². The number of carbonyl (C=O) groups is 2. The van der Waals surface area contributed by atoms with Gasteiger partial charge in [-0.3, -0.25) is 9.59 Å². The highest BCUT2D eigenvalue weighted by Crippen LogP contribution is 2.25. The first-order valence-corrected chi connectivity index (χ1v) is 7.96. The smallest absolute Gasteiger partial charge is 0.312 e. The molecule has 2 heterocycles. The number of halogens is 1. The lowest BCUT2D eigenvalue weighted by Crippen LogP contribution is -2.43. The maximum absolute atomic E-state index is 13.5. The van der Waals surface area contributed by atoms with Crippen LogP contribution in [0, 0.1) is 5.82 Å². The molecule has 2 N–H and O–H groups in total. The number of amides is 2. The average Bonchev–Trinajstić information content (AvgIpc) is 2.61. The molecule has 3 rings (SSSR count). The van der Waals surface area contributed by atoms with Crippen LogP contribution in [0.2, 0.25) is 0 Å². The number of primary amides is 1. The van der Waals surface area contributed by atoms with Crippen molar-refractivity contribution >= 4 is 23.5 Å². The molecule has 25 heavy (non-hydrogen) atoms. The van der Waals surface area contributed by atoms with Gasteiger partial charge in [0.2, 0.25) is 5.95 Å². The van der Waals surface area contributed by atoms with E-state index in [1.807, 2.05) is 6.92 Å². The van der Waals surface area contributed by atoms with E-state index in [-0.39, 0.29) is 12.4 Å². The SMILES string of the molecule is CCN(c1cccc(F)c1)c1ncc2c(n1)CN(C(=O)C(N)=O)CC2. The van der Waals surface area contributed by atoms with Gasteiger partial charge in [0.25, 0.3) is 0 Å². The molecule has 1 aliphatic rings. The number of anilines is 2. The summed E-state index contributed by atoms with van der Waals surface area (Å²) in [5.74, 6) is -1.62. The summed E-state index contributed by atoms with van der Waals surface area (Å²) in [6.45, 7) is 3.06.